The van der Waals surface area contributed by atoms with Crippen LogP contribution in [0.3, 0.4) is 0 Å². The molecule has 3 aliphatic rings. The van der Waals surface area contributed by atoms with Crippen molar-refractivity contribution in [3.05, 3.63) is 99.2 Å². The lowest BCUT2D eigenvalue weighted by Crippen LogP contribution is -2.44. The smallest absolute Gasteiger partial charge is 0.410 e. The minimum atomic E-state index is -1.98. The molecule has 2 aromatic carbocycles. The van der Waals surface area contributed by atoms with E-state index in [4.69, 9.17) is 28.7 Å². The second kappa shape index (κ2) is 25.1. The van der Waals surface area contributed by atoms with Crippen molar-refractivity contribution in [2.24, 2.45) is 0 Å². The highest BCUT2D eigenvalue weighted by atomic mass is 32.2. The molecule has 0 bridgehead atoms. The summed E-state index contributed by atoms with van der Waals surface area (Å²) in [6.07, 6.45) is 10.2. The number of amides is 4. The molecular weight excluding hydrogens is 1060 g/mol. The molecule has 428 valence electrons. The van der Waals surface area contributed by atoms with Gasteiger partial charge in [0.2, 0.25) is 18.6 Å². The third kappa shape index (κ3) is 13.4. The number of cyclic esters (lactones) is 1. The number of hydrogen-bond acceptors (Lipinski definition) is 18. The summed E-state index contributed by atoms with van der Waals surface area (Å²) in [7, 11) is 0. The molecule has 81 heavy (non-hydrogen) atoms. The Balaban J connectivity index is 0.798. The van der Waals surface area contributed by atoms with Crippen molar-refractivity contribution in [2.75, 3.05) is 38.0 Å². The van der Waals surface area contributed by atoms with E-state index in [1.54, 1.807) is 90.6 Å². The summed E-state index contributed by atoms with van der Waals surface area (Å²) < 4.78 is 31.2. The number of aromatic nitrogens is 7. The Morgan fingerprint density at radius 3 is 2.44 bits per heavy atom. The molecule has 0 fully saturated rings. The van der Waals surface area contributed by atoms with E-state index < -0.39 is 41.3 Å². The fourth-order valence-electron chi connectivity index (χ4n) is 9.96. The number of nitrogens with one attached hydrogen (secondary N) is 3. The minimum absolute atomic E-state index is 0.00941. The maximum absolute atomic E-state index is 14.1. The van der Waals surface area contributed by atoms with Crippen LogP contribution in [0.25, 0.3) is 33.5 Å². The van der Waals surface area contributed by atoms with Crippen LogP contribution >= 0.6 is 11.8 Å². The van der Waals surface area contributed by atoms with Crippen LogP contribution in [0.5, 0.6) is 11.5 Å². The van der Waals surface area contributed by atoms with E-state index in [9.17, 15) is 33.9 Å². The molecule has 23 nitrogen and oxygen atoms in total. The van der Waals surface area contributed by atoms with Gasteiger partial charge in [-0.3, -0.25) is 19.1 Å². The number of thioether (sulfide) groups is 1. The van der Waals surface area contributed by atoms with Gasteiger partial charge in [-0.25, -0.2) is 29.3 Å². The number of nitrogens with zero attached hydrogens (tertiary/aromatic N) is 8. The predicted molar refractivity (Wildman–Crippen MR) is 298 cm³/mol. The monoisotopic (exact) mass is 1130 g/mol. The topological polar surface area (TPSA) is 282 Å². The number of pyridine rings is 2. The van der Waals surface area contributed by atoms with Crippen molar-refractivity contribution in [1.29, 1.82) is 0 Å². The van der Waals surface area contributed by atoms with Crippen LogP contribution in [0.15, 0.2) is 71.0 Å². The predicted octanol–water partition coefficient (Wildman–Crippen LogP) is 7.16. The van der Waals surface area contributed by atoms with E-state index >= 15 is 0 Å². The Kier molecular flexibility index (Phi) is 17.9. The van der Waals surface area contributed by atoms with Gasteiger partial charge < -0.3 is 54.2 Å². The second-order valence-corrected chi connectivity index (χ2v) is 21.8. The van der Waals surface area contributed by atoms with Gasteiger partial charge in [-0.15, -0.1) is 5.10 Å². The summed E-state index contributed by atoms with van der Waals surface area (Å²) >= 11 is 1.46. The molecule has 4 N–H and O–H groups in total. The fraction of sp³-hybridized carbons (Fsp3) is 0.456. The number of rotatable bonds is 23. The summed E-state index contributed by atoms with van der Waals surface area (Å²) in [5, 5.41) is 29.9. The number of likely N-dealkylation sites (N-methyl/N-ethyl adjacent to an activating group) is 1. The second-order valence-electron chi connectivity index (χ2n) is 21.0. The normalized spacial score (nSPS) is 15.3. The van der Waals surface area contributed by atoms with E-state index in [-0.39, 0.29) is 68.5 Å². The van der Waals surface area contributed by atoms with Crippen LogP contribution in [0.2, 0.25) is 0 Å². The number of esters is 1. The fourth-order valence-corrected chi connectivity index (χ4v) is 10.3. The first kappa shape index (κ1) is 57.6. The standard InChI is InChI=1S/C57H67N11O12S/c1-7-57(75)41-25-45-49-39(29-68(45)51(71)40(41)32-76-52(57)72)37(38-24-46-47(79-33-78-46)26-43(38)63-49)20-23-66(8-2)55(74)77-31-34-16-18-36(19-17-34)61-50(70)42(14-11-12-21-58-54(73)80-56(3,4)5)62-48(69)15-10-9-13-22-67-30-44(64-65-67)35-27-59-53(81-6)60-28-35/h16-19,24-28,30,42,75H,7-15,20-23,29,31-33H2,1-6H3,(H,58,73)(H,61,70)(H,62,69)/t42-,57-/m0/s1. The lowest BCUT2D eigenvalue weighted by atomic mass is 9.86. The average Bonchev–Trinajstić information content (AvgIpc) is 2.71. The maximum Gasteiger partial charge on any atom is 0.410 e. The van der Waals surface area contributed by atoms with Gasteiger partial charge in [0.15, 0.2) is 22.3 Å². The molecule has 24 heteroatoms. The van der Waals surface area contributed by atoms with Crippen molar-refractivity contribution in [2.45, 2.75) is 141 Å². The first-order valence-electron chi connectivity index (χ1n) is 27.2. The highest BCUT2D eigenvalue weighted by Gasteiger charge is 2.45. The molecule has 6 aromatic rings. The Bertz CT molecular complexity index is 3380. The number of hydrogen-bond donors (Lipinski definition) is 4. The Morgan fingerprint density at radius 2 is 1.72 bits per heavy atom. The molecule has 4 aromatic heterocycles. The summed E-state index contributed by atoms with van der Waals surface area (Å²) in [4.78, 5) is 95.1. The van der Waals surface area contributed by atoms with Crippen LogP contribution < -0.4 is 31.0 Å². The summed E-state index contributed by atoms with van der Waals surface area (Å²) in [5.74, 6) is -0.409. The number of fused-ring (bicyclic) bond motifs is 6. The van der Waals surface area contributed by atoms with E-state index in [2.05, 4.69) is 36.2 Å². The highest BCUT2D eigenvalue weighted by Crippen LogP contribution is 2.43. The molecule has 4 amide bonds. The number of carbonyl (C=O) groups excluding carboxylic acids is 5. The molecule has 0 aliphatic carbocycles. The SMILES string of the molecule is CCN(CCc1c2c(nc3cc4c(cc13)OCO4)-c1cc3c(c(=O)n1C2)COC(=O)[C@]3(O)CC)C(=O)OCc1ccc(NC(=O)[C@H](CCCCNC(=O)OC(C)(C)C)NC(=O)CCCCCn2cc(-c3cnc(SC)nc3)nn2)cc1. The third-order valence-electron chi connectivity index (χ3n) is 14.3. The number of benzene rings is 2. The lowest BCUT2D eigenvalue weighted by molar-refractivity contribution is -0.172. The maximum atomic E-state index is 14.1. The number of aryl methyl sites for hydroxylation is 1. The number of ether oxygens (including phenoxy) is 5. The van der Waals surface area contributed by atoms with E-state index in [0.717, 1.165) is 34.9 Å². The largest absolute Gasteiger partial charge is 0.458 e. The summed E-state index contributed by atoms with van der Waals surface area (Å²) in [6, 6.07) is 11.3. The number of aliphatic hydroxyl groups is 1. The summed E-state index contributed by atoms with van der Waals surface area (Å²) in [5.41, 5.74) is 3.16. The number of carbonyl (C=O) groups is 5. The van der Waals surface area contributed by atoms with Gasteiger partial charge >= 0.3 is 18.2 Å². The van der Waals surface area contributed by atoms with Crippen molar-refractivity contribution in [1.82, 2.24) is 50.0 Å². The quantitative estimate of drug-likeness (QED) is 0.0162. The Morgan fingerprint density at radius 1 is 0.951 bits per heavy atom. The van der Waals surface area contributed by atoms with Gasteiger partial charge in [0.05, 0.1) is 35.2 Å². The molecule has 0 radical (unpaired) electrons. The van der Waals surface area contributed by atoms with E-state index in [0.29, 0.717) is 102 Å². The first-order chi connectivity index (χ1) is 38.9. The van der Waals surface area contributed by atoms with Crippen LogP contribution in [-0.4, -0.2) is 119 Å². The lowest BCUT2D eigenvalue weighted by Gasteiger charge is -2.31. The molecular formula is C57H67N11O12S. The number of unbranched alkanes of at least 4 members (excludes halogenated alkanes) is 3. The molecule has 0 unspecified atom stereocenters. The van der Waals surface area contributed by atoms with Gasteiger partial charge in [-0.05, 0) is 114 Å². The first-order valence-corrected chi connectivity index (χ1v) is 28.4. The van der Waals surface area contributed by atoms with Gasteiger partial charge in [0.25, 0.3) is 5.56 Å². The Hall–Kier alpha value is -8.12. The van der Waals surface area contributed by atoms with Crippen LogP contribution in [0.1, 0.15) is 114 Å². The molecule has 9 rings (SSSR count). The van der Waals surface area contributed by atoms with Crippen LogP contribution in [0.4, 0.5) is 15.3 Å². The van der Waals surface area contributed by atoms with Gasteiger partial charge in [0.1, 0.15) is 30.6 Å². The van der Waals surface area contributed by atoms with Gasteiger partial charge in [-0.2, -0.15) is 0 Å². The number of anilines is 1. The third-order valence-corrected chi connectivity index (χ3v) is 14.9. The van der Waals surface area contributed by atoms with Crippen molar-refractivity contribution < 1.29 is 52.8 Å². The van der Waals surface area contributed by atoms with Crippen LogP contribution in [0, 0.1) is 0 Å². The van der Waals surface area contributed by atoms with Crippen molar-refractivity contribution >= 4 is 58.3 Å². The zero-order chi connectivity index (χ0) is 57.4. The molecule has 0 saturated carbocycles. The molecule has 0 saturated heterocycles. The minimum Gasteiger partial charge on any atom is -0.458 e. The average molecular weight is 1130 g/mol. The number of alkyl carbamates (subject to hydrolysis) is 1. The zero-order valence-corrected chi connectivity index (χ0v) is 47.1. The van der Waals surface area contributed by atoms with Crippen molar-refractivity contribution in [3.63, 3.8) is 0 Å². The highest BCUT2D eigenvalue weighted by molar-refractivity contribution is 7.98. The van der Waals surface area contributed by atoms with E-state index in [1.165, 1.54) is 11.8 Å². The van der Waals surface area contributed by atoms with E-state index in [1.807, 2.05) is 25.4 Å². The molecule has 3 aliphatic heterocycles. The van der Waals surface area contributed by atoms with Gasteiger partial charge in [-0.1, -0.05) is 42.5 Å². The Labute approximate surface area is 471 Å². The molecule has 2 atom stereocenters. The molecule has 7 heterocycles. The van der Waals surface area contributed by atoms with Crippen molar-refractivity contribution in [3.8, 4) is 34.1 Å². The van der Waals surface area contributed by atoms with Gasteiger partial charge in [0, 0.05) is 78.8 Å². The van der Waals surface area contributed by atoms with Crippen LogP contribution in [-0.2, 0) is 66.9 Å². The zero-order valence-electron chi connectivity index (χ0n) is 46.3. The molecule has 0 spiro atoms. The summed E-state index contributed by atoms with van der Waals surface area (Å²) in [6.45, 7) is 10.3.